The van der Waals surface area contributed by atoms with Crippen molar-refractivity contribution in [3.05, 3.63) is 29.8 Å². The van der Waals surface area contributed by atoms with Gasteiger partial charge in [-0.3, -0.25) is 4.79 Å². The summed E-state index contributed by atoms with van der Waals surface area (Å²) in [5.41, 5.74) is 0.984. The molecule has 18 heavy (non-hydrogen) atoms. The lowest BCUT2D eigenvalue weighted by Gasteiger charge is -2.35. The van der Waals surface area contributed by atoms with E-state index in [4.69, 9.17) is 15.9 Å². The lowest BCUT2D eigenvalue weighted by molar-refractivity contribution is -0.175. The van der Waals surface area contributed by atoms with E-state index >= 15 is 0 Å². The van der Waals surface area contributed by atoms with Crippen LogP contribution in [0.15, 0.2) is 24.3 Å². The molecule has 0 saturated carbocycles. The third-order valence-electron chi connectivity index (χ3n) is 3.18. The number of carbonyl (C=O) groups excluding carboxylic acids is 1. The standard InChI is InChI=1S/C15H16O3/c1-3-4-5-6-13-14(15(16)18-13)11-7-9-12(17-2)10-8-11/h1,7-10,13-14H,4-6H2,2H3. The van der Waals surface area contributed by atoms with Gasteiger partial charge in [0.2, 0.25) is 0 Å². The number of carbonyl (C=O) groups is 1. The topological polar surface area (TPSA) is 35.5 Å². The molecule has 2 rings (SSSR count). The van der Waals surface area contributed by atoms with Crippen molar-refractivity contribution in [2.45, 2.75) is 31.3 Å². The molecule has 0 bridgehead atoms. The van der Waals surface area contributed by atoms with Gasteiger partial charge in [0, 0.05) is 6.42 Å². The maximum Gasteiger partial charge on any atom is 0.317 e. The first-order chi connectivity index (χ1) is 8.76. The zero-order valence-electron chi connectivity index (χ0n) is 10.4. The fourth-order valence-corrected chi connectivity index (χ4v) is 2.16. The maximum atomic E-state index is 11.5. The molecule has 1 fully saturated rings. The van der Waals surface area contributed by atoms with Gasteiger partial charge in [-0.2, -0.15) is 0 Å². The molecule has 2 unspecified atom stereocenters. The Labute approximate surface area is 107 Å². The normalized spacial score (nSPS) is 21.7. The summed E-state index contributed by atoms with van der Waals surface area (Å²) in [6.07, 6.45) is 7.62. The third-order valence-corrected chi connectivity index (χ3v) is 3.18. The number of esters is 1. The molecule has 1 aromatic carbocycles. The second-order valence-corrected chi connectivity index (χ2v) is 4.32. The lowest BCUT2D eigenvalue weighted by Crippen LogP contribution is -2.42. The second kappa shape index (κ2) is 5.59. The fraction of sp³-hybridized carbons (Fsp3) is 0.400. The van der Waals surface area contributed by atoms with Crippen LogP contribution in [-0.2, 0) is 9.53 Å². The van der Waals surface area contributed by atoms with Crippen molar-refractivity contribution in [2.24, 2.45) is 0 Å². The Hall–Kier alpha value is -1.95. The fourth-order valence-electron chi connectivity index (χ4n) is 2.16. The van der Waals surface area contributed by atoms with Crippen LogP contribution in [0.25, 0.3) is 0 Å². The molecule has 0 amide bonds. The van der Waals surface area contributed by atoms with E-state index in [1.807, 2.05) is 24.3 Å². The molecule has 1 saturated heterocycles. The summed E-state index contributed by atoms with van der Waals surface area (Å²) < 4.78 is 10.3. The molecule has 1 aliphatic rings. The molecule has 0 radical (unpaired) electrons. The first-order valence-electron chi connectivity index (χ1n) is 6.04. The smallest absolute Gasteiger partial charge is 0.317 e. The van der Waals surface area contributed by atoms with Crippen LogP contribution < -0.4 is 4.74 Å². The largest absolute Gasteiger partial charge is 0.497 e. The molecule has 3 heteroatoms. The predicted molar refractivity (Wildman–Crippen MR) is 68.3 cm³/mol. The van der Waals surface area contributed by atoms with Crippen molar-refractivity contribution in [3.63, 3.8) is 0 Å². The van der Waals surface area contributed by atoms with Crippen molar-refractivity contribution in [1.29, 1.82) is 0 Å². The number of ether oxygens (including phenoxy) is 2. The molecule has 3 nitrogen and oxygen atoms in total. The summed E-state index contributed by atoms with van der Waals surface area (Å²) in [5.74, 6) is 3.09. The predicted octanol–water partition coefficient (Wildman–Crippen LogP) is 2.51. The minimum atomic E-state index is -0.147. The van der Waals surface area contributed by atoms with Crippen LogP contribution in [0.4, 0.5) is 0 Å². The molecule has 1 aliphatic heterocycles. The van der Waals surface area contributed by atoms with Gasteiger partial charge in [0.25, 0.3) is 0 Å². The number of cyclic esters (lactones) is 1. The van der Waals surface area contributed by atoms with Crippen LogP contribution >= 0.6 is 0 Å². The summed E-state index contributed by atoms with van der Waals surface area (Å²) in [6, 6.07) is 7.55. The Balaban J connectivity index is 2.01. The van der Waals surface area contributed by atoms with Crippen LogP contribution in [0.2, 0.25) is 0 Å². The van der Waals surface area contributed by atoms with Crippen molar-refractivity contribution in [2.75, 3.05) is 7.11 Å². The van der Waals surface area contributed by atoms with E-state index in [9.17, 15) is 4.79 Å². The summed E-state index contributed by atoms with van der Waals surface area (Å²) in [6.45, 7) is 0. The minimum absolute atomic E-state index is 0.0285. The van der Waals surface area contributed by atoms with Crippen LogP contribution in [0.1, 0.15) is 30.7 Å². The Morgan fingerprint density at radius 3 is 2.67 bits per heavy atom. The number of unbranched alkanes of at least 4 members (excludes halogenated alkanes) is 1. The van der Waals surface area contributed by atoms with E-state index in [0.717, 1.165) is 30.6 Å². The van der Waals surface area contributed by atoms with E-state index < -0.39 is 0 Å². The molecule has 0 N–H and O–H groups in total. The van der Waals surface area contributed by atoms with Gasteiger partial charge >= 0.3 is 5.97 Å². The van der Waals surface area contributed by atoms with Gasteiger partial charge in [-0.1, -0.05) is 12.1 Å². The Bertz CT molecular complexity index is 456. The Morgan fingerprint density at radius 2 is 2.11 bits per heavy atom. The molecule has 0 spiro atoms. The SMILES string of the molecule is C#CCCCC1OC(=O)C1c1ccc(OC)cc1. The third kappa shape index (κ3) is 2.48. The van der Waals surface area contributed by atoms with Crippen LogP contribution in [-0.4, -0.2) is 19.2 Å². The number of hydrogen-bond donors (Lipinski definition) is 0. The molecule has 94 valence electrons. The van der Waals surface area contributed by atoms with E-state index in [-0.39, 0.29) is 18.0 Å². The zero-order chi connectivity index (χ0) is 13.0. The van der Waals surface area contributed by atoms with Crippen LogP contribution in [0.5, 0.6) is 5.75 Å². The van der Waals surface area contributed by atoms with Gasteiger partial charge < -0.3 is 9.47 Å². The van der Waals surface area contributed by atoms with Crippen molar-refractivity contribution in [3.8, 4) is 18.1 Å². The van der Waals surface area contributed by atoms with Crippen molar-refractivity contribution < 1.29 is 14.3 Å². The summed E-state index contributed by atoms with van der Waals surface area (Å²) in [7, 11) is 1.62. The van der Waals surface area contributed by atoms with Gasteiger partial charge in [-0.05, 0) is 30.5 Å². The molecule has 1 heterocycles. The van der Waals surface area contributed by atoms with Gasteiger partial charge in [0.15, 0.2) is 0 Å². The van der Waals surface area contributed by atoms with Gasteiger partial charge in [0.05, 0.1) is 7.11 Å². The number of benzene rings is 1. The van der Waals surface area contributed by atoms with E-state index in [1.54, 1.807) is 7.11 Å². The zero-order valence-corrected chi connectivity index (χ0v) is 10.4. The number of hydrogen-bond acceptors (Lipinski definition) is 3. The highest BCUT2D eigenvalue weighted by Gasteiger charge is 2.42. The van der Waals surface area contributed by atoms with E-state index in [2.05, 4.69) is 5.92 Å². The average Bonchev–Trinajstić information content (AvgIpc) is 2.38. The highest BCUT2D eigenvalue weighted by molar-refractivity contribution is 5.84. The molecular weight excluding hydrogens is 228 g/mol. The molecular formula is C15H16O3. The number of rotatable bonds is 5. The quantitative estimate of drug-likeness (QED) is 0.453. The van der Waals surface area contributed by atoms with E-state index in [0.29, 0.717) is 0 Å². The lowest BCUT2D eigenvalue weighted by atomic mass is 9.86. The maximum absolute atomic E-state index is 11.5. The number of terminal acetylenes is 1. The summed E-state index contributed by atoms with van der Waals surface area (Å²) in [5, 5.41) is 0. The van der Waals surface area contributed by atoms with Gasteiger partial charge in [-0.15, -0.1) is 12.3 Å². The number of methoxy groups -OCH3 is 1. The van der Waals surface area contributed by atoms with Crippen LogP contribution in [0.3, 0.4) is 0 Å². The average molecular weight is 244 g/mol. The first-order valence-corrected chi connectivity index (χ1v) is 6.04. The summed E-state index contributed by atoms with van der Waals surface area (Å²) in [4.78, 5) is 11.5. The molecule has 1 aromatic rings. The Kier molecular flexibility index (Phi) is 3.88. The van der Waals surface area contributed by atoms with E-state index in [1.165, 1.54) is 0 Å². The molecule has 0 aliphatic carbocycles. The molecule has 2 atom stereocenters. The highest BCUT2D eigenvalue weighted by atomic mass is 16.6. The Morgan fingerprint density at radius 1 is 1.39 bits per heavy atom. The monoisotopic (exact) mass is 244 g/mol. The van der Waals surface area contributed by atoms with Crippen molar-refractivity contribution >= 4 is 5.97 Å². The second-order valence-electron chi connectivity index (χ2n) is 4.32. The van der Waals surface area contributed by atoms with Crippen molar-refractivity contribution in [1.82, 2.24) is 0 Å². The summed E-state index contributed by atoms with van der Waals surface area (Å²) >= 11 is 0. The van der Waals surface area contributed by atoms with Gasteiger partial charge in [0.1, 0.15) is 17.8 Å². The highest BCUT2D eigenvalue weighted by Crippen LogP contribution is 2.36. The minimum Gasteiger partial charge on any atom is -0.497 e. The molecule has 0 aromatic heterocycles. The van der Waals surface area contributed by atoms with Gasteiger partial charge in [-0.25, -0.2) is 0 Å². The first kappa shape index (κ1) is 12.5. The van der Waals surface area contributed by atoms with Crippen LogP contribution in [0, 0.1) is 12.3 Å².